The molecule has 2 bridgehead atoms. The maximum absolute atomic E-state index is 12.4. The molecule has 3 nitrogen and oxygen atoms in total. The van der Waals surface area contributed by atoms with Crippen LogP contribution in [0.1, 0.15) is 24.8 Å². The van der Waals surface area contributed by atoms with Crippen LogP contribution in [-0.4, -0.2) is 11.9 Å². The van der Waals surface area contributed by atoms with E-state index in [9.17, 15) is 4.79 Å². The number of anilines is 1. The average Bonchev–Trinajstić information content (AvgIpc) is 2.93. The molecule has 0 saturated heterocycles. The smallest absolute Gasteiger partial charge is 0.229 e. The lowest BCUT2D eigenvalue weighted by Crippen LogP contribution is -2.42. The van der Waals surface area contributed by atoms with Gasteiger partial charge in [0.15, 0.2) is 0 Å². The van der Waals surface area contributed by atoms with Crippen LogP contribution in [0.15, 0.2) is 18.2 Å². The Morgan fingerprint density at radius 2 is 2.11 bits per heavy atom. The van der Waals surface area contributed by atoms with Crippen LogP contribution in [0.4, 0.5) is 5.69 Å². The molecule has 102 valence electrons. The first-order valence-electron chi connectivity index (χ1n) is 6.89. The van der Waals surface area contributed by atoms with Gasteiger partial charge < -0.3 is 11.1 Å². The van der Waals surface area contributed by atoms with Crippen molar-refractivity contribution in [2.45, 2.75) is 32.2 Å². The summed E-state index contributed by atoms with van der Waals surface area (Å²) in [5, 5.41) is 3.53. The molecule has 1 aromatic carbocycles. The average molecular weight is 279 g/mol. The zero-order valence-corrected chi connectivity index (χ0v) is 11.8. The van der Waals surface area contributed by atoms with Crippen LogP contribution in [-0.2, 0) is 4.79 Å². The van der Waals surface area contributed by atoms with Gasteiger partial charge in [0, 0.05) is 6.04 Å². The number of rotatable bonds is 2. The molecule has 0 aliphatic heterocycles. The van der Waals surface area contributed by atoms with Crippen molar-refractivity contribution in [2.24, 2.45) is 23.5 Å². The normalized spacial score (nSPS) is 32.6. The van der Waals surface area contributed by atoms with E-state index in [2.05, 4.69) is 5.32 Å². The molecule has 2 aliphatic carbocycles. The number of hydrogen-bond donors (Lipinski definition) is 2. The standard InChI is InChI=1S/C15H19ClN2O/c1-8-2-5-12(11(16)6-8)18-15(19)13-9-3-4-10(7-9)14(13)17/h2,5-6,9-10,13-14H,3-4,7,17H2,1H3,(H,18,19). The number of carbonyl (C=O) groups is 1. The largest absolute Gasteiger partial charge is 0.327 e. The predicted molar refractivity (Wildman–Crippen MR) is 77.1 cm³/mol. The van der Waals surface area contributed by atoms with Crippen molar-refractivity contribution in [3.63, 3.8) is 0 Å². The zero-order valence-electron chi connectivity index (χ0n) is 11.0. The molecule has 2 saturated carbocycles. The van der Waals surface area contributed by atoms with E-state index in [1.54, 1.807) is 0 Å². The molecule has 19 heavy (non-hydrogen) atoms. The highest BCUT2D eigenvalue weighted by Gasteiger charge is 2.49. The first-order chi connectivity index (χ1) is 9.06. The number of fused-ring (bicyclic) bond motifs is 2. The summed E-state index contributed by atoms with van der Waals surface area (Å²) in [4.78, 5) is 12.4. The Morgan fingerprint density at radius 3 is 2.74 bits per heavy atom. The van der Waals surface area contributed by atoms with Crippen LogP contribution in [0.2, 0.25) is 5.02 Å². The summed E-state index contributed by atoms with van der Waals surface area (Å²) in [5.74, 6) is 0.986. The second-order valence-electron chi connectivity index (χ2n) is 5.91. The van der Waals surface area contributed by atoms with E-state index in [1.165, 1.54) is 6.42 Å². The van der Waals surface area contributed by atoms with E-state index < -0.39 is 0 Å². The van der Waals surface area contributed by atoms with Crippen LogP contribution in [0, 0.1) is 24.7 Å². The van der Waals surface area contributed by atoms with Crippen LogP contribution in [0.25, 0.3) is 0 Å². The highest BCUT2D eigenvalue weighted by molar-refractivity contribution is 6.33. The van der Waals surface area contributed by atoms with Crippen molar-refractivity contribution in [1.82, 2.24) is 0 Å². The van der Waals surface area contributed by atoms with E-state index in [0.29, 0.717) is 22.5 Å². The molecule has 1 amide bonds. The topological polar surface area (TPSA) is 55.1 Å². The van der Waals surface area contributed by atoms with E-state index in [4.69, 9.17) is 17.3 Å². The number of aryl methyl sites for hydroxylation is 1. The first kappa shape index (κ1) is 12.9. The van der Waals surface area contributed by atoms with Gasteiger partial charge in [-0.3, -0.25) is 4.79 Å². The van der Waals surface area contributed by atoms with Crippen molar-refractivity contribution in [3.8, 4) is 0 Å². The SMILES string of the molecule is Cc1ccc(NC(=O)C2C3CCC(C3)C2N)c(Cl)c1. The van der Waals surface area contributed by atoms with Crippen molar-refractivity contribution in [2.75, 3.05) is 5.32 Å². The quantitative estimate of drug-likeness (QED) is 0.874. The predicted octanol–water partition coefficient (Wildman–Crippen LogP) is 2.96. The van der Waals surface area contributed by atoms with Gasteiger partial charge in [0.2, 0.25) is 5.91 Å². The highest BCUT2D eigenvalue weighted by Crippen LogP contribution is 2.48. The first-order valence-corrected chi connectivity index (χ1v) is 7.26. The summed E-state index contributed by atoms with van der Waals surface area (Å²) in [5.41, 5.74) is 7.96. The molecule has 4 heteroatoms. The van der Waals surface area contributed by atoms with Gasteiger partial charge in [0.1, 0.15) is 0 Å². The monoisotopic (exact) mass is 278 g/mol. The fraction of sp³-hybridized carbons (Fsp3) is 0.533. The van der Waals surface area contributed by atoms with Gasteiger partial charge in [-0.2, -0.15) is 0 Å². The summed E-state index contributed by atoms with van der Waals surface area (Å²) in [7, 11) is 0. The van der Waals surface area contributed by atoms with Gasteiger partial charge in [-0.05, 0) is 55.7 Å². The molecule has 1 aromatic rings. The van der Waals surface area contributed by atoms with E-state index >= 15 is 0 Å². The second kappa shape index (κ2) is 4.80. The number of carbonyl (C=O) groups excluding carboxylic acids is 1. The minimum atomic E-state index is -0.0453. The molecule has 4 atom stereocenters. The van der Waals surface area contributed by atoms with Gasteiger partial charge in [0.25, 0.3) is 0 Å². The van der Waals surface area contributed by atoms with Crippen LogP contribution in [0.5, 0.6) is 0 Å². The minimum absolute atomic E-state index is 0.0166. The molecule has 0 spiro atoms. The van der Waals surface area contributed by atoms with Gasteiger partial charge in [0.05, 0.1) is 16.6 Å². The van der Waals surface area contributed by atoms with Crippen LogP contribution >= 0.6 is 11.6 Å². The number of benzene rings is 1. The summed E-state index contributed by atoms with van der Waals surface area (Å²) in [6.07, 6.45) is 3.43. The van der Waals surface area contributed by atoms with Gasteiger partial charge in [-0.25, -0.2) is 0 Å². The number of halogens is 1. The number of amides is 1. The summed E-state index contributed by atoms with van der Waals surface area (Å²) in [6.45, 7) is 1.98. The van der Waals surface area contributed by atoms with Crippen molar-refractivity contribution >= 4 is 23.2 Å². The number of nitrogens with one attached hydrogen (secondary N) is 1. The Balaban J connectivity index is 1.75. The van der Waals surface area contributed by atoms with Crippen molar-refractivity contribution < 1.29 is 4.79 Å². The summed E-state index contributed by atoms with van der Waals surface area (Å²) >= 11 is 6.15. The zero-order chi connectivity index (χ0) is 13.6. The number of nitrogens with two attached hydrogens (primary N) is 1. The summed E-state index contributed by atoms with van der Waals surface area (Å²) < 4.78 is 0. The molecule has 2 fully saturated rings. The lowest BCUT2D eigenvalue weighted by molar-refractivity contribution is -0.121. The molecular formula is C15H19ClN2O. The fourth-order valence-electron chi connectivity index (χ4n) is 3.66. The molecule has 0 radical (unpaired) electrons. The maximum atomic E-state index is 12.4. The highest BCUT2D eigenvalue weighted by atomic mass is 35.5. The third-order valence-electron chi connectivity index (χ3n) is 4.67. The van der Waals surface area contributed by atoms with E-state index in [-0.39, 0.29) is 17.9 Å². The molecule has 0 aromatic heterocycles. The molecular weight excluding hydrogens is 260 g/mol. The van der Waals surface area contributed by atoms with Crippen LogP contribution in [0.3, 0.4) is 0 Å². The Bertz CT molecular complexity index is 515. The van der Waals surface area contributed by atoms with E-state index in [1.807, 2.05) is 25.1 Å². The van der Waals surface area contributed by atoms with E-state index in [0.717, 1.165) is 18.4 Å². The molecule has 4 unspecified atom stereocenters. The Morgan fingerprint density at radius 1 is 1.37 bits per heavy atom. The number of hydrogen-bond acceptors (Lipinski definition) is 2. The molecule has 0 heterocycles. The fourth-order valence-corrected chi connectivity index (χ4v) is 3.94. The second-order valence-corrected chi connectivity index (χ2v) is 6.32. The third-order valence-corrected chi connectivity index (χ3v) is 4.98. The van der Waals surface area contributed by atoms with Gasteiger partial charge in [-0.15, -0.1) is 0 Å². The lowest BCUT2D eigenvalue weighted by atomic mass is 9.84. The van der Waals surface area contributed by atoms with Crippen molar-refractivity contribution in [1.29, 1.82) is 0 Å². The minimum Gasteiger partial charge on any atom is -0.327 e. The van der Waals surface area contributed by atoms with Gasteiger partial charge in [-0.1, -0.05) is 17.7 Å². The third kappa shape index (κ3) is 2.26. The van der Waals surface area contributed by atoms with Crippen molar-refractivity contribution in [3.05, 3.63) is 28.8 Å². The van der Waals surface area contributed by atoms with Gasteiger partial charge >= 0.3 is 0 Å². The molecule has 3 N–H and O–H groups in total. The Kier molecular flexibility index (Phi) is 3.27. The maximum Gasteiger partial charge on any atom is 0.229 e. The molecule has 3 rings (SSSR count). The Hall–Kier alpha value is -1.06. The Labute approximate surface area is 118 Å². The van der Waals surface area contributed by atoms with Crippen LogP contribution < -0.4 is 11.1 Å². The molecule has 2 aliphatic rings. The lowest BCUT2D eigenvalue weighted by Gasteiger charge is -2.27. The summed E-state index contributed by atoms with van der Waals surface area (Å²) in [6, 6.07) is 5.68.